The Kier molecular flexibility index (Phi) is 7.53. The number of hydrogen-bond donors (Lipinski definition) is 2. The molecule has 1 amide bonds. The summed E-state index contributed by atoms with van der Waals surface area (Å²) in [6, 6.07) is 15.8. The Morgan fingerprint density at radius 1 is 1.02 bits per heavy atom. The van der Waals surface area contributed by atoms with Crippen molar-refractivity contribution in [2.24, 2.45) is 11.3 Å². The van der Waals surface area contributed by atoms with Gasteiger partial charge < -0.3 is 10.4 Å². The normalized spacial score (nSPS) is 17.4. The fraction of sp³-hybridized carbons (Fsp3) is 0.400. The first-order valence-electron chi connectivity index (χ1n) is 13.4. The first kappa shape index (κ1) is 27.6. The van der Waals surface area contributed by atoms with Crippen molar-refractivity contribution in [3.8, 4) is 0 Å². The molecule has 210 valence electrons. The third-order valence-corrected chi connectivity index (χ3v) is 8.03. The van der Waals surface area contributed by atoms with Crippen LogP contribution in [-0.2, 0) is 28.7 Å². The molecule has 0 bridgehead atoms. The molecule has 0 radical (unpaired) electrons. The summed E-state index contributed by atoms with van der Waals surface area (Å²) >= 11 is 0. The highest BCUT2D eigenvalue weighted by molar-refractivity contribution is 5.96. The number of carboxylic acid groups (broad SMARTS) is 1. The zero-order chi connectivity index (χ0) is 28.5. The van der Waals surface area contributed by atoms with Gasteiger partial charge >= 0.3 is 12.1 Å². The highest BCUT2D eigenvalue weighted by Crippen LogP contribution is 2.48. The average Bonchev–Trinajstić information content (AvgIpc) is 3.49. The van der Waals surface area contributed by atoms with E-state index < -0.39 is 34.7 Å². The Labute approximate surface area is 229 Å². The molecule has 2 aromatic carbocycles. The molecule has 2 N–H and O–H groups in total. The van der Waals surface area contributed by atoms with Gasteiger partial charge in [-0.2, -0.15) is 18.3 Å². The summed E-state index contributed by atoms with van der Waals surface area (Å²) in [6.07, 6.45) is 0.940. The summed E-state index contributed by atoms with van der Waals surface area (Å²) in [5.74, 6) is -1.24. The zero-order valence-electron chi connectivity index (χ0n) is 21.8. The Hall–Kier alpha value is -3.95. The van der Waals surface area contributed by atoms with Crippen LogP contribution in [0.3, 0.4) is 0 Å². The molecule has 0 saturated heterocycles. The van der Waals surface area contributed by atoms with E-state index in [1.807, 2.05) is 18.2 Å². The molecule has 1 unspecified atom stereocenters. The van der Waals surface area contributed by atoms with E-state index in [0.717, 1.165) is 47.6 Å². The van der Waals surface area contributed by atoms with Gasteiger partial charge in [-0.05, 0) is 72.9 Å². The maximum Gasteiger partial charge on any atom is 0.435 e. The first-order valence-corrected chi connectivity index (χ1v) is 13.4. The number of halogens is 3. The van der Waals surface area contributed by atoms with E-state index in [4.69, 9.17) is 0 Å². The van der Waals surface area contributed by atoms with Crippen molar-refractivity contribution < 1.29 is 27.9 Å². The second kappa shape index (κ2) is 10.9. The summed E-state index contributed by atoms with van der Waals surface area (Å²) in [4.78, 5) is 37.3. The predicted octanol–water partition coefficient (Wildman–Crippen LogP) is 5.63. The second-order valence-corrected chi connectivity index (χ2v) is 10.9. The number of nitrogens with one attached hydrogen (secondary N) is 1. The standard InChI is InChI=1S/C30H30F3N3O4/c31-30(32,33)24-12-13-25(37)36(35-24)18-19-8-10-22(11-9-19)26(21-5-1-2-6-21)27(38)34-23-7-3-4-20(16-23)17-29(14-15-29)28(39)40/h3-4,7-13,16,21,26H,1-2,5-6,14-15,17-18H2,(H,34,38)(H,39,40). The molecule has 40 heavy (non-hydrogen) atoms. The van der Waals surface area contributed by atoms with Gasteiger partial charge in [-0.1, -0.05) is 49.2 Å². The van der Waals surface area contributed by atoms with Gasteiger partial charge in [0, 0.05) is 11.8 Å². The number of carbonyl (C=O) groups excluding carboxylic acids is 1. The van der Waals surface area contributed by atoms with E-state index in [-0.39, 0.29) is 18.4 Å². The van der Waals surface area contributed by atoms with Crippen LogP contribution < -0.4 is 10.9 Å². The maximum absolute atomic E-state index is 13.6. The molecule has 0 aliphatic heterocycles. The van der Waals surface area contributed by atoms with Gasteiger partial charge in [0.05, 0.1) is 17.9 Å². The fourth-order valence-electron chi connectivity index (χ4n) is 5.63. The van der Waals surface area contributed by atoms with Crippen LogP contribution in [0.1, 0.15) is 66.8 Å². The van der Waals surface area contributed by atoms with E-state index in [0.29, 0.717) is 36.6 Å². The Morgan fingerprint density at radius 2 is 1.73 bits per heavy atom. The highest BCUT2D eigenvalue weighted by Gasteiger charge is 2.50. The van der Waals surface area contributed by atoms with E-state index in [1.165, 1.54) is 0 Å². The monoisotopic (exact) mass is 553 g/mol. The van der Waals surface area contributed by atoms with Crippen LogP contribution >= 0.6 is 0 Å². The summed E-state index contributed by atoms with van der Waals surface area (Å²) in [6.45, 7) is -0.131. The number of nitrogens with zero attached hydrogens (tertiary/aromatic N) is 2. The van der Waals surface area contributed by atoms with Crippen molar-refractivity contribution in [3.05, 3.63) is 93.4 Å². The van der Waals surface area contributed by atoms with Gasteiger partial charge in [-0.15, -0.1) is 0 Å². The van der Waals surface area contributed by atoms with Crippen LogP contribution in [0.25, 0.3) is 0 Å². The van der Waals surface area contributed by atoms with Crippen molar-refractivity contribution in [1.82, 2.24) is 9.78 Å². The van der Waals surface area contributed by atoms with Gasteiger partial charge in [0.25, 0.3) is 5.56 Å². The Bertz CT molecular complexity index is 1460. The van der Waals surface area contributed by atoms with Crippen LogP contribution in [0.2, 0.25) is 0 Å². The quantitative estimate of drug-likeness (QED) is 0.358. The minimum atomic E-state index is -4.66. The van der Waals surface area contributed by atoms with Crippen LogP contribution in [0.5, 0.6) is 0 Å². The van der Waals surface area contributed by atoms with E-state index >= 15 is 0 Å². The second-order valence-electron chi connectivity index (χ2n) is 10.9. The Balaban J connectivity index is 1.33. The summed E-state index contributed by atoms with van der Waals surface area (Å²) in [7, 11) is 0. The van der Waals surface area contributed by atoms with Gasteiger partial charge in [0.1, 0.15) is 0 Å². The number of aliphatic carboxylic acids is 1. The molecule has 7 nitrogen and oxygen atoms in total. The van der Waals surface area contributed by atoms with E-state index in [1.54, 1.807) is 30.3 Å². The van der Waals surface area contributed by atoms with Crippen molar-refractivity contribution >= 4 is 17.6 Å². The third kappa shape index (κ3) is 6.11. The molecule has 10 heteroatoms. The maximum atomic E-state index is 13.6. The molecule has 1 atom stereocenters. The number of alkyl halides is 3. The summed E-state index contributed by atoms with van der Waals surface area (Å²) in [5, 5.41) is 16.0. The van der Waals surface area contributed by atoms with Gasteiger partial charge in [-0.25, -0.2) is 4.68 Å². The van der Waals surface area contributed by atoms with Crippen LogP contribution in [-0.4, -0.2) is 26.8 Å². The molecule has 2 aliphatic carbocycles. The lowest BCUT2D eigenvalue weighted by Crippen LogP contribution is -2.27. The molecular weight excluding hydrogens is 523 g/mol. The van der Waals surface area contributed by atoms with E-state index in [9.17, 15) is 32.7 Å². The lowest BCUT2D eigenvalue weighted by molar-refractivity contribution is -0.143. The first-order chi connectivity index (χ1) is 19.0. The van der Waals surface area contributed by atoms with Gasteiger partial charge in [0.15, 0.2) is 5.69 Å². The van der Waals surface area contributed by atoms with Gasteiger partial charge in [0.2, 0.25) is 5.91 Å². The lowest BCUT2D eigenvalue weighted by atomic mass is 9.83. The number of anilines is 1. The molecule has 3 aromatic rings. The molecule has 5 rings (SSSR count). The van der Waals surface area contributed by atoms with E-state index in [2.05, 4.69) is 10.4 Å². The van der Waals surface area contributed by atoms with Gasteiger partial charge in [-0.3, -0.25) is 14.4 Å². The van der Waals surface area contributed by atoms with Crippen LogP contribution in [0, 0.1) is 11.3 Å². The molecular formula is C30H30F3N3O4. The number of carboxylic acids is 1. The molecule has 1 heterocycles. The molecule has 0 spiro atoms. The molecule has 2 saturated carbocycles. The van der Waals surface area contributed by atoms with Crippen molar-refractivity contribution in [1.29, 1.82) is 0 Å². The predicted molar refractivity (Wildman–Crippen MR) is 142 cm³/mol. The number of aromatic nitrogens is 2. The number of rotatable bonds is 9. The third-order valence-electron chi connectivity index (χ3n) is 8.03. The number of benzene rings is 2. The largest absolute Gasteiger partial charge is 0.481 e. The number of amides is 1. The molecule has 2 fully saturated rings. The van der Waals surface area contributed by atoms with Crippen LogP contribution in [0.15, 0.2) is 65.5 Å². The van der Waals surface area contributed by atoms with Crippen LogP contribution in [0.4, 0.5) is 18.9 Å². The van der Waals surface area contributed by atoms with Crippen molar-refractivity contribution in [2.75, 3.05) is 5.32 Å². The topological polar surface area (TPSA) is 101 Å². The highest BCUT2D eigenvalue weighted by atomic mass is 19.4. The summed E-state index contributed by atoms with van der Waals surface area (Å²) < 4.78 is 39.9. The zero-order valence-corrected chi connectivity index (χ0v) is 21.8. The SMILES string of the molecule is O=C(Nc1cccc(CC2(C(=O)O)CC2)c1)C(c1ccc(Cn2nc(C(F)(F)F)ccc2=O)cc1)C1CCCC1. The molecule has 1 aromatic heterocycles. The lowest BCUT2D eigenvalue weighted by Gasteiger charge is -2.24. The average molecular weight is 554 g/mol. The number of hydrogen-bond acceptors (Lipinski definition) is 4. The molecule has 2 aliphatic rings. The minimum Gasteiger partial charge on any atom is -0.481 e. The summed E-state index contributed by atoms with van der Waals surface area (Å²) in [5.41, 5.74) is 0.362. The Morgan fingerprint density at radius 3 is 2.35 bits per heavy atom. The number of carbonyl (C=O) groups is 2. The van der Waals surface area contributed by atoms with Crippen molar-refractivity contribution in [2.45, 2.75) is 63.6 Å². The van der Waals surface area contributed by atoms with Crippen molar-refractivity contribution in [3.63, 3.8) is 0 Å². The fourth-order valence-corrected chi connectivity index (χ4v) is 5.63. The smallest absolute Gasteiger partial charge is 0.435 e. The minimum absolute atomic E-state index is 0.131.